The molecule has 0 saturated heterocycles. The first-order chi connectivity index (χ1) is 10.6. The van der Waals surface area contributed by atoms with E-state index in [4.69, 9.17) is 15.2 Å². The van der Waals surface area contributed by atoms with Crippen LogP contribution in [0.3, 0.4) is 0 Å². The number of esters is 1. The minimum Gasteiger partial charge on any atom is -0.497 e. The Balaban J connectivity index is 2.13. The van der Waals surface area contributed by atoms with Crippen LogP contribution < -0.4 is 10.5 Å². The Morgan fingerprint density at radius 3 is 2.68 bits per heavy atom. The summed E-state index contributed by atoms with van der Waals surface area (Å²) in [6, 6.07) is 9.23. The molecule has 0 bridgehead atoms. The number of hydrogen-bond donors (Lipinski definition) is 1. The summed E-state index contributed by atoms with van der Waals surface area (Å²) in [5.41, 5.74) is 7.44. The highest BCUT2D eigenvalue weighted by molar-refractivity contribution is 5.71. The van der Waals surface area contributed by atoms with Gasteiger partial charge < -0.3 is 15.2 Å². The molecule has 22 heavy (non-hydrogen) atoms. The number of nitrogens with zero attached hydrogens (tertiary/aromatic N) is 2. The number of hydrogen-bond acceptors (Lipinski definition) is 5. The molecule has 6 nitrogen and oxygen atoms in total. The molecule has 0 radical (unpaired) electrons. The topological polar surface area (TPSA) is 79.4 Å². The van der Waals surface area contributed by atoms with Gasteiger partial charge in [0.2, 0.25) is 0 Å². The fourth-order valence-electron chi connectivity index (χ4n) is 2.05. The van der Waals surface area contributed by atoms with E-state index in [1.54, 1.807) is 17.9 Å². The summed E-state index contributed by atoms with van der Waals surface area (Å²) in [4.78, 5) is 11.8. The van der Waals surface area contributed by atoms with Gasteiger partial charge in [0.15, 0.2) is 0 Å². The van der Waals surface area contributed by atoms with E-state index in [0.717, 1.165) is 29.8 Å². The Morgan fingerprint density at radius 2 is 2.05 bits per heavy atom. The zero-order valence-corrected chi connectivity index (χ0v) is 12.9. The van der Waals surface area contributed by atoms with Crippen LogP contribution in [0.4, 0.5) is 5.82 Å². The van der Waals surface area contributed by atoms with E-state index in [1.165, 1.54) is 0 Å². The molecule has 0 spiro atoms. The van der Waals surface area contributed by atoms with Crippen LogP contribution in [0, 0.1) is 0 Å². The van der Waals surface area contributed by atoms with Crippen molar-refractivity contribution in [1.29, 1.82) is 0 Å². The van der Waals surface area contributed by atoms with E-state index >= 15 is 0 Å². The van der Waals surface area contributed by atoms with Crippen LogP contribution in [0.15, 0.2) is 30.3 Å². The molecule has 2 rings (SSSR count). The van der Waals surface area contributed by atoms with Crippen molar-refractivity contribution in [1.82, 2.24) is 9.78 Å². The van der Waals surface area contributed by atoms with E-state index < -0.39 is 0 Å². The maximum atomic E-state index is 11.8. The Morgan fingerprint density at radius 1 is 1.32 bits per heavy atom. The molecule has 6 heteroatoms. The summed E-state index contributed by atoms with van der Waals surface area (Å²) in [6.45, 7) is 2.52. The van der Waals surface area contributed by atoms with Crippen molar-refractivity contribution in [2.24, 2.45) is 0 Å². The van der Waals surface area contributed by atoms with Crippen molar-refractivity contribution in [2.75, 3.05) is 19.5 Å². The number of nitrogens with two attached hydrogens (primary N) is 1. The van der Waals surface area contributed by atoms with E-state index in [9.17, 15) is 4.79 Å². The van der Waals surface area contributed by atoms with Crippen molar-refractivity contribution in [3.8, 4) is 17.0 Å². The Labute approximate surface area is 129 Å². The lowest BCUT2D eigenvalue weighted by Gasteiger charge is -2.08. The van der Waals surface area contributed by atoms with Gasteiger partial charge in [0.1, 0.15) is 18.1 Å². The van der Waals surface area contributed by atoms with Crippen LogP contribution >= 0.6 is 0 Å². The number of carbonyl (C=O) groups is 1. The van der Waals surface area contributed by atoms with Gasteiger partial charge in [-0.3, -0.25) is 9.48 Å². The lowest BCUT2D eigenvalue weighted by atomic mass is 10.1. The predicted molar refractivity (Wildman–Crippen MR) is 84.5 cm³/mol. The Hall–Kier alpha value is -2.50. The van der Waals surface area contributed by atoms with Crippen molar-refractivity contribution in [3.05, 3.63) is 30.3 Å². The summed E-state index contributed by atoms with van der Waals surface area (Å²) in [6.07, 6.45) is 1.84. The first-order valence-corrected chi connectivity index (χ1v) is 7.27. The molecule has 0 fully saturated rings. The van der Waals surface area contributed by atoms with Gasteiger partial charge >= 0.3 is 5.97 Å². The first-order valence-electron chi connectivity index (χ1n) is 7.27. The molecule has 1 aromatic carbocycles. The summed E-state index contributed by atoms with van der Waals surface area (Å²) in [7, 11) is 1.61. The van der Waals surface area contributed by atoms with Crippen LogP contribution in [0.25, 0.3) is 11.3 Å². The van der Waals surface area contributed by atoms with Crippen LogP contribution in [0.5, 0.6) is 5.75 Å². The molecule has 118 valence electrons. The first kappa shape index (κ1) is 15.9. The minimum atomic E-state index is -0.314. The lowest BCUT2D eigenvalue weighted by molar-refractivity contribution is -0.144. The minimum absolute atomic E-state index is 0.0439. The molecule has 0 saturated carbocycles. The molecule has 0 aliphatic heterocycles. The number of anilines is 1. The van der Waals surface area contributed by atoms with Gasteiger partial charge in [0.25, 0.3) is 0 Å². The second-order valence-corrected chi connectivity index (χ2v) is 4.91. The number of methoxy groups -OCH3 is 1. The monoisotopic (exact) mass is 303 g/mol. The van der Waals surface area contributed by atoms with Crippen LogP contribution in [-0.2, 0) is 16.1 Å². The molecule has 2 N–H and O–H groups in total. The zero-order chi connectivity index (χ0) is 15.9. The highest BCUT2D eigenvalue weighted by Gasteiger charge is 2.12. The number of carbonyl (C=O) groups excluding carboxylic acids is 1. The van der Waals surface area contributed by atoms with Crippen LogP contribution in [-0.4, -0.2) is 29.5 Å². The van der Waals surface area contributed by atoms with Crippen molar-refractivity contribution >= 4 is 11.8 Å². The molecule has 2 aromatic rings. The van der Waals surface area contributed by atoms with E-state index in [-0.39, 0.29) is 12.5 Å². The predicted octanol–water partition coefficient (Wildman–Crippen LogP) is 2.48. The Bertz CT molecular complexity index is 620. The maximum Gasteiger partial charge on any atom is 0.327 e. The van der Waals surface area contributed by atoms with Gasteiger partial charge in [-0.25, -0.2) is 0 Å². The number of aromatic nitrogens is 2. The van der Waals surface area contributed by atoms with Gasteiger partial charge in [-0.05, 0) is 30.7 Å². The molecule has 0 unspecified atom stereocenters. The Kier molecular flexibility index (Phi) is 5.41. The third-order valence-corrected chi connectivity index (χ3v) is 3.22. The fourth-order valence-corrected chi connectivity index (χ4v) is 2.05. The molecule has 0 amide bonds. The summed E-state index contributed by atoms with van der Waals surface area (Å²) in [5, 5.41) is 4.16. The second kappa shape index (κ2) is 7.49. The summed E-state index contributed by atoms with van der Waals surface area (Å²) in [5.74, 6) is 0.820. The molecular weight excluding hydrogens is 282 g/mol. The van der Waals surface area contributed by atoms with E-state index in [2.05, 4.69) is 5.10 Å². The maximum absolute atomic E-state index is 11.8. The largest absolute Gasteiger partial charge is 0.497 e. The number of nitrogen functional groups attached to an aromatic ring is 1. The lowest BCUT2D eigenvalue weighted by Crippen LogP contribution is -2.16. The van der Waals surface area contributed by atoms with Gasteiger partial charge in [0, 0.05) is 11.6 Å². The van der Waals surface area contributed by atoms with Crippen LogP contribution in [0.1, 0.15) is 19.8 Å². The smallest absolute Gasteiger partial charge is 0.327 e. The molecule has 0 aliphatic rings. The summed E-state index contributed by atoms with van der Waals surface area (Å²) < 4.78 is 11.9. The number of unbranched alkanes of at least 4 members (excludes halogenated alkanes) is 1. The highest BCUT2D eigenvalue weighted by Crippen LogP contribution is 2.24. The third kappa shape index (κ3) is 4.00. The van der Waals surface area contributed by atoms with Gasteiger partial charge in [0.05, 0.1) is 19.4 Å². The fraction of sp³-hybridized carbons (Fsp3) is 0.375. The van der Waals surface area contributed by atoms with E-state index in [1.807, 2.05) is 31.2 Å². The quantitative estimate of drug-likeness (QED) is 0.628. The standard InChI is InChI=1S/C16H21N3O3/c1-3-4-9-22-16(20)11-19-14(10-15(17)18-19)12-5-7-13(21-2)8-6-12/h5-8,10H,3-4,9,11H2,1-2H3,(H2,17,18). The van der Waals surface area contributed by atoms with Crippen molar-refractivity contribution < 1.29 is 14.3 Å². The normalized spacial score (nSPS) is 10.5. The molecule has 1 heterocycles. The van der Waals surface area contributed by atoms with Gasteiger partial charge in [-0.1, -0.05) is 13.3 Å². The molecule has 0 atom stereocenters. The van der Waals surface area contributed by atoms with E-state index in [0.29, 0.717) is 12.4 Å². The molecular formula is C16H21N3O3. The van der Waals surface area contributed by atoms with Gasteiger partial charge in [-0.2, -0.15) is 5.10 Å². The molecule has 0 aliphatic carbocycles. The van der Waals surface area contributed by atoms with Gasteiger partial charge in [-0.15, -0.1) is 0 Å². The number of ether oxygens (including phenoxy) is 2. The third-order valence-electron chi connectivity index (χ3n) is 3.22. The summed E-state index contributed by atoms with van der Waals surface area (Å²) >= 11 is 0. The number of benzene rings is 1. The van der Waals surface area contributed by atoms with Crippen molar-refractivity contribution in [2.45, 2.75) is 26.3 Å². The SMILES string of the molecule is CCCCOC(=O)Cn1nc(N)cc1-c1ccc(OC)cc1. The average molecular weight is 303 g/mol. The number of rotatable bonds is 7. The van der Waals surface area contributed by atoms with Crippen LogP contribution in [0.2, 0.25) is 0 Å². The molecule has 1 aromatic heterocycles. The highest BCUT2D eigenvalue weighted by atomic mass is 16.5. The second-order valence-electron chi connectivity index (χ2n) is 4.91. The average Bonchev–Trinajstić information content (AvgIpc) is 2.88. The van der Waals surface area contributed by atoms with Crippen molar-refractivity contribution in [3.63, 3.8) is 0 Å². The zero-order valence-electron chi connectivity index (χ0n) is 12.9.